The van der Waals surface area contributed by atoms with Crippen LogP contribution >= 0.6 is 0 Å². The summed E-state index contributed by atoms with van der Waals surface area (Å²) in [6, 6.07) is 0. The number of ether oxygens (including phenoxy) is 1. The first kappa shape index (κ1) is 16.4. The topological polar surface area (TPSA) is 53.9 Å². The summed E-state index contributed by atoms with van der Waals surface area (Å²) in [6.45, 7) is 8.16. The summed E-state index contributed by atoms with van der Waals surface area (Å²) < 4.78 is 5.37. The molecule has 0 saturated carbocycles. The van der Waals surface area contributed by atoms with Crippen molar-refractivity contribution in [3.8, 4) is 12.3 Å². The van der Waals surface area contributed by atoms with Crippen LogP contribution in [0.2, 0.25) is 0 Å². The standard InChI is InChI=1S/C15H25N3O2/c1-5-6-7-8-9-16-13-12-18(11-10-17-13)14(19)20-15(2,3)4/h1H,6-12H2,2-4H3,(H,16,17). The number of aliphatic imine (C=N–C) groups is 1. The molecular weight excluding hydrogens is 254 g/mol. The summed E-state index contributed by atoms with van der Waals surface area (Å²) in [6.07, 6.45) is 7.74. The van der Waals surface area contributed by atoms with Crippen LogP contribution in [0.4, 0.5) is 4.79 Å². The summed E-state index contributed by atoms with van der Waals surface area (Å²) in [5.74, 6) is 3.47. The van der Waals surface area contributed by atoms with Crippen molar-refractivity contribution in [3.63, 3.8) is 0 Å². The van der Waals surface area contributed by atoms with E-state index in [0.717, 1.165) is 31.6 Å². The Morgan fingerprint density at radius 2 is 2.25 bits per heavy atom. The Balaban J connectivity index is 2.33. The van der Waals surface area contributed by atoms with Gasteiger partial charge in [-0.3, -0.25) is 9.89 Å². The second kappa shape index (κ2) is 7.78. The van der Waals surface area contributed by atoms with Crippen molar-refractivity contribution < 1.29 is 9.53 Å². The van der Waals surface area contributed by atoms with Gasteiger partial charge >= 0.3 is 6.09 Å². The summed E-state index contributed by atoms with van der Waals surface area (Å²) in [7, 11) is 0. The molecule has 0 aromatic carbocycles. The van der Waals surface area contributed by atoms with E-state index in [1.54, 1.807) is 4.90 Å². The normalized spacial score (nSPS) is 15.3. The molecule has 0 bridgehead atoms. The predicted octanol–water partition coefficient (Wildman–Crippen LogP) is 2.03. The monoisotopic (exact) mass is 279 g/mol. The van der Waals surface area contributed by atoms with E-state index < -0.39 is 5.60 Å². The van der Waals surface area contributed by atoms with Gasteiger partial charge in [-0.15, -0.1) is 12.3 Å². The summed E-state index contributed by atoms with van der Waals surface area (Å²) in [5.41, 5.74) is -0.464. The molecule has 20 heavy (non-hydrogen) atoms. The van der Waals surface area contributed by atoms with E-state index in [0.29, 0.717) is 19.6 Å². The molecule has 1 aliphatic rings. The van der Waals surface area contributed by atoms with Crippen LogP contribution in [0, 0.1) is 12.3 Å². The van der Waals surface area contributed by atoms with Crippen LogP contribution in [0.5, 0.6) is 0 Å². The Labute approximate surface area is 121 Å². The third-order valence-corrected chi connectivity index (χ3v) is 2.74. The molecule has 0 aromatic rings. The fourth-order valence-corrected chi connectivity index (χ4v) is 1.79. The molecule has 112 valence electrons. The SMILES string of the molecule is C#CCCCCNC1=NCCN(C(=O)OC(C)(C)C)C1. The molecule has 1 heterocycles. The predicted molar refractivity (Wildman–Crippen MR) is 80.8 cm³/mol. The number of terminal acetylenes is 1. The van der Waals surface area contributed by atoms with Crippen LogP contribution in [-0.4, -0.2) is 48.6 Å². The molecular formula is C15H25N3O2. The molecule has 0 radical (unpaired) electrons. The zero-order valence-corrected chi connectivity index (χ0v) is 12.7. The Bertz CT molecular complexity index is 391. The highest BCUT2D eigenvalue weighted by atomic mass is 16.6. The van der Waals surface area contributed by atoms with Crippen LogP contribution in [-0.2, 0) is 4.74 Å². The van der Waals surface area contributed by atoms with Gasteiger partial charge < -0.3 is 10.1 Å². The minimum absolute atomic E-state index is 0.279. The molecule has 1 aliphatic heterocycles. The van der Waals surface area contributed by atoms with E-state index in [2.05, 4.69) is 16.2 Å². The smallest absolute Gasteiger partial charge is 0.410 e. The van der Waals surface area contributed by atoms with Crippen molar-refractivity contribution in [2.45, 2.75) is 45.6 Å². The van der Waals surface area contributed by atoms with Crippen LogP contribution in [0.25, 0.3) is 0 Å². The van der Waals surface area contributed by atoms with Crippen molar-refractivity contribution >= 4 is 11.9 Å². The summed E-state index contributed by atoms with van der Waals surface area (Å²) in [5, 5.41) is 3.26. The molecule has 0 saturated heterocycles. The lowest BCUT2D eigenvalue weighted by molar-refractivity contribution is 0.0276. The van der Waals surface area contributed by atoms with E-state index in [-0.39, 0.29) is 6.09 Å². The first-order valence-electron chi connectivity index (χ1n) is 7.11. The van der Waals surface area contributed by atoms with Crippen LogP contribution < -0.4 is 5.32 Å². The highest BCUT2D eigenvalue weighted by molar-refractivity contribution is 5.87. The molecule has 1 amide bonds. The van der Waals surface area contributed by atoms with Gasteiger partial charge in [-0.05, 0) is 33.6 Å². The zero-order valence-electron chi connectivity index (χ0n) is 12.7. The van der Waals surface area contributed by atoms with Crippen molar-refractivity contribution in [1.29, 1.82) is 0 Å². The lowest BCUT2D eigenvalue weighted by Crippen LogP contribution is -2.47. The van der Waals surface area contributed by atoms with E-state index in [9.17, 15) is 4.79 Å². The molecule has 0 spiro atoms. The number of hydrogen-bond donors (Lipinski definition) is 1. The number of unbranched alkanes of at least 4 members (excludes halogenated alkanes) is 2. The molecule has 0 aliphatic carbocycles. The fourth-order valence-electron chi connectivity index (χ4n) is 1.79. The van der Waals surface area contributed by atoms with Gasteiger partial charge in [0.15, 0.2) is 0 Å². The number of carbonyl (C=O) groups is 1. The third-order valence-electron chi connectivity index (χ3n) is 2.74. The molecule has 1 N–H and O–H groups in total. The minimum Gasteiger partial charge on any atom is -0.444 e. The molecule has 0 atom stereocenters. The van der Waals surface area contributed by atoms with Gasteiger partial charge in [-0.25, -0.2) is 4.79 Å². The first-order valence-corrected chi connectivity index (χ1v) is 7.11. The zero-order chi connectivity index (χ0) is 15.0. The van der Waals surface area contributed by atoms with Crippen LogP contribution in [0.3, 0.4) is 0 Å². The molecule has 5 nitrogen and oxygen atoms in total. The maximum atomic E-state index is 12.0. The highest BCUT2D eigenvalue weighted by Crippen LogP contribution is 2.10. The van der Waals surface area contributed by atoms with E-state index in [1.807, 2.05) is 20.8 Å². The number of amides is 1. The van der Waals surface area contributed by atoms with Crippen molar-refractivity contribution in [1.82, 2.24) is 10.2 Å². The Morgan fingerprint density at radius 3 is 2.90 bits per heavy atom. The van der Waals surface area contributed by atoms with E-state index in [1.165, 1.54) is 0 Å². The number of nitrogens with zero attached hydrogens (tertiary/aromatic N) is 2. The van der Waals surface area contributed by atoms with Crippen LogP contribution in [0.15, 0.2) is 4.99 Å². The third kappa shape index (κ3) is 6.46. The molecule has 0 fully saturated rings. The lowest BCUT2D eigenvalue weighted by atomic mass is 10.2. The second-order valence-electron chi connectivity index (χ2n) is 5.82. The molecule has 1 rings (SSSR count). The minimum atomic E-state index is -0.464. The van der Waals surface area contributed by atoms with Gasteiger partial charge in [-0.1, -0.05) is 0 Å². The van der Waals surface area contributed by atoms with Crippen molar-refractivity contribution in [2.24, 2.45) is 4.99 Å². The number of carbonyl (C=O) groups excluding carboxylic acids is 1. The van der Waals surface area contributed by atoms with E-state index >= 15 is 0 Å². The van der Waals surface area contributed by atoms with E-state index in [4.69, 9.17) is 11.2 Å². The van der Waals surface area contributed by atoms with Gasteiger partial charge in [0, 0.05) is 19.5 Å². The lowest BCUT2D eigenvalue weighted by Gasteiger charge is -2.29. The number of rotatable bonds is 4. The van der Waals surface area contributed by atoms with Crippen molar-refractivity contribution in [3.05, 3.63) is 0 Å². The maximum absolute atomic E-state index is 12.0. The second-order valence-corrected chi connectivity index (χ2v) is 5.82. The number of hydrogen-bond acceptors (Lipinski definition) is 4. The largest absolute Gasteiger partial charge is 0.444 e. The first-order chi connectivity index (χ1) is 9.42. The summed E-state index contributed by atoms with van der Waals surface area (Å²) in [4.78, 5) is 18.0. The Kier molecular flexibility index (Phi) is 6.37. The van der Waals surface area contributed by atoms with Crippen LogP contribution in [0.1, 0.15) is 40.0 Å². The average molecular weight is 279 g/mol. The fraction of sp³-hybridized carbons (Fsp3) is 0.733. The Hall–Kier alpha value is -1.70. The van der Waals surface area contributed by atoms with Gasteiger partial charge in [-0.2, -0.15) is 0 Å². The molecule has 0 unspecified atom stereocenters. The summed E-state index contributed by atoms with van der Waals surface area (Å²) >= 11 is 0. The average Bonchev–Trinajstić information content (AvgIpc) is 2.37. The van der Waals surface area contributed by atoms with Gasteiger partial charge in [0.05, 0.1) is 13.1 Å². The van der Waals surface area contributed by atoms with Crippen molar-refractivity contribution in [2.75, 3.05) is 26.2 Å². The Morgan fingerprint density at radius 1 is 1.50 bits per heavy atom. The molecule has 5 heteroatoms. The molecule has 0 aromatic heterocycles. The number of nitrogens with one attached hydrogen (secondary N) is 1. The number of amidine groups is 1. The quantitative estimate of drug-likeness (QED) is 0.633. The van der Waals surface area contributed by atoms with Gasteiger partial charge in [0.2, 0.25) is 0 Å². The van der Waals surface area contributed by atoms with Gasteiger partial charge in [0.1, 0.15) is 11.4 Å². The highest BCUT2D eigenvalue weighted by Gasteiger charge is 2.24. The van der Waals surface area contributed by atoms with Gasteiger partial charge in [0.25, 0.3) is 0 Å². The maximum Gasteiger partial charge on any atom is 0.410 e.